The lowest BCUT2D eigenvalue weighted by Gasteiger charge is -2.40. The highest BCUT2D eigenvalue weighted by molar-refractivity contribution is 7.89. The van der Waals surface area contributed by atoms with Crippen LogP contribution < -0.4 is 0 Å². The quantitative estimate of drug-likeness (QED) is 0.786. The summed E-state index contributed by atoms with van der Waals surface area (Å²) in [5.74, 6) is -3.94. The molecule has 7 heteroatoms. The predicted molar refractivity (Wildman–Crippen MR) is 83.9 cm³/mol. The topological polar surface area (TPSA) is 40.6 Å². The molecule has 0 radical (unpaired) electrons. The normalized spacial score (nSPS) is 39.3. The Balaban J connectivity index is 1.33. The first-order valence-corrected chi connectivity index (χ1v) is 10.5. The first kappa shape index (κ1) is 16.2. The Morgan fingerprint density at radius 2 is 1.43 bits per heavy atom. The van der Waals surface area contributed by atoms with Crippen LogP contribution in [0.5, 0.6) is 0 Å². The van der Waals surface area contributed by atoms with Crippen molar-refractivity contribution < 1.29 is 17.2 Å². The second-order valence-corrected chi connectivity index (χ2v) is 9.97. The van der Waals surface area contributed by atoms with Crippen LogP contribution in [-0.4, -0.2) is 61.0 Å². The van der Waals surface area contributed by atoms with E-state index in [1.165, 1.54) is 19.3 Å². The fourth-order valence-corrected chi connectivity index (χ4v) is 7.01. The van der Waals surface area contributed by atoms with Crippen molar-refractivity contribution in [1.82, 2.24) is 9.21 Å². The van der Waals surface area contributed by atoms with Gasteiger partial charge in [-0.05, 0) is 51.6 Å². The molecule has 0 spiro atoms. The molecule has 132 valence electrons. The molecule has 4 rings (SSSR count). The smallest absolute Gasteiger partial charge is 0.254 e. The lowest BCUT2D eigenvalue weighted by atomic mass is 10.0. The molecule has 4 nitrogen and oxygen atoms in total. The van der Waals surface area contributed by atoms with E-state index in [-0.39, 0.29) is 12.8 Å². The molecule has 0 bridgehead atoms. The fourth-order valence-electron chi connectivity index (χ4n) is 4.97. The standard InChI is InChI=1S/C16H26F2N2O2S/c17-16(18)14-10-13(11-15(14)16)23(21,22)20-8-4-12(5-9-20)19-6-2-1-3-7-19/h12-15H,1-11H2. The summed E-state index contributed by atoms with van der Waals surface area (Å²) in [5.41, 5.74) is 0. The summed E-state index contributed by atoms with van der Waals surface area (Å²) in [6.07, 6.45) is 5.88. The van der Waals surface area contributed by atoms with Crippen molar-refractivity contribution in [2.75, 3.05) is 26.2 Å². The number of halogens is 2. The lowest BCUT2D eigenvalue weighted by Crippen LogP contribution is -2.50. The van der Waals surface area contributed by atoms with E-state index < -0.39 is 33.0 Å². The third-order valence-electron chi connectivity index (χ3n) is 6.51. The highest BCUT2D eigenvalue weighted by atomic mass is 32.2. The summed E-state index contributed by atoms with van der Waals surface area (Å²) in [4.78, 5) is 2.51. The van der Waals surface area contributed by atoms with Gasteiger partial charge in [-0.3, -0.25) is 0 Å². The minimum Gasteiger partial charge on any atom is -0.300 e. The van der Waals surface area contributed by atoms with E-state index in [4.69, 9.17) is 0 Å². The molecule has 2 aliphatic heterocycles. The average Bonchev–Trinajstić information content (AvgIpc) is 2.94. The molecule has 0 aromatic carbocycles. The summed E-state index contributed by atoms with van der Waals surface area (Å²) in [6, 6.07) is 0.503. The van der Waals surface area contributed by atoms with Gasteiger partial charge in [0.05, 0.1) is 5.25 Å². The van der Waals surface area contributed by atoms with E-state index in [1.54, 1.807) is 4.31 Å². The van der Waals surface area contributed by atoms with E-state index in [2.05, 4.69) is 4.90 Å². The van der Waals surface area contributed by atoms with Crippen LogP contribution in [0.25, 0.3) is 0 Å². The first-order chi connectivity index (χ1) is 10.9. The van der Waals surface area contributed by atoms with E-state index >= 15 is 0 Å². The highest BCUT2D eigenvalue weighted by Crippen LogP contribution is 2.65. The Hall–Kier alpha value is -0.270. The van der Waals surface area contributed by atoms with Gasteiger partial charge in [0.2, 0.25) is 10.0 Å². The van der Waals surface area contributed by atoms with Crippen LogP contribution in [0.2, 0.25) is 0 Å². The molecule has 2 heterocycles. The van der Waals surface area contributed by atoms with Gasteiger partial charge in [-0.25, -0.2) is 21.5 Å². The number of alkyl halides is 2. The van der Waals surface area contributed by atoms with Crippen LogP contribution in [0.4, 0.5) is 8.78 Å². The van der Waals surface area contributed by atoms with E-state index in [0.29, 0.717) is 19.1 Å². The van der Waals surface area contributed by atoms with E-state index in [1.807, 2.05) is 0 Å². The maximum atomic E-state index is 13.3. The molecule has 2 saturated carbocycles. The third kappa shape index (κ3) is 2.72. The highest BCUT2D eigenvalue weighted by Gasteiger charge is 2.73. The molecule has 0 amide bonds. The van der Waals surface area contributed by atoms with Gasteiger partial charge in [0.15, 0.2) is 0 Å². The van der Waals surface area contributed by atoms with Gasteiger partial charge < -0.3 is 4.90 Å². The Bertz CT molecular complexity index is 540. The molecule has 4 fully saturated rings. The molecule has 4 aliphatic rings. The van der Waals surface area contributed by atoms with Crippen molar-refractivity contribution in [3.8, 4) is 0 Å². The first-order valence-electron chi connectivity index (χ1n) is 9.01. The number of hydrogen-bond acceptors (Lipinski definition) is 3. The number of sulfonamides is 1. The summed E-state index contributed by atoms with van der Waals surface area (Å²) in [5, 5.41) is -0.566. The molecule has 2 atom stereocenters. The average molecular weight is 348 g/mol. The van der Waals surface area contributed by atoms with Crippen molar-refractivity contribution in [2.24, 2.45) is 11.8 Å². The maximum Gasteiger partial charge on any atom is 0.254 e. The van der Waals surface area contributed by atoms with Crippen LogP contribution in [-0.2, 0) is 10.0 Å². The third-order valence-corrected chi connectivity index (χ3v) is 8.82. The zero-order valence-electron chi connectivity index (χ0n) is 13.5. The Labute approximate surface area is 137 Å². The molecular weight excluding hydrogens is 322 g/mol. The van der Waals surface area contributed by atoms with Crippen molar-refractivity contribution in [3.05, 3.63) is 0 Å². The van der Waals surface area contributed by atoms with Gasteiger partial charge in [-0.2, -0.15) is 0 Å². The Kier molecular flexibility index (Phi) is 3.97. The summed E-state index contributed by atoms with van der Waals surface area (Å²) in [7, 11) is -3.39. The van der Waals surface area contributed by atoms with Crippen LogP contribution in [0, 0.1) is 11.8 Å². The maximum absolute atomic E-state index is 13.3. The molecule has 2 aliphatic carbocycles. The number of likely N-dealkylation sites (tertiary alicyclic amines) is 1. The van der Waals surface area contributed by atoms with Crippen LogP contribution in [0.1, 0.15) is 44.9 Å². The molecule has 2 saturated heterocycles. The predicted octanol–water partition coefficient (Wildman–Crippen LogP) is 2.31. The molecular formula is C16H26F2N2O2S. The van der Waals surface area contributed by atoms with Crippen molar-refractivity contribution in [2.45, 2.75) is 62.2 Å². The zero-order valence-corrected chi connectivity index (χ0v) is 14.3. The summed E-state index contributed by atoms with van der Waals surface area (Å²) < 4.78 is 53.6. The molecule has 2 unspecified atom stereocenters. The van der Waals surface area contributed by atoms with Gasteiger partial charge >= 0.3 is 0 Å². The minimum atomic E-state index is -3.39. The minimum absolute atomic E-state index is 0.159. The molecule has 0 aromatic rings. The van der Waals surface area contributed by atoms with Gasteiger partial charge in [0.25, 0.3) is 5.92 Å². The Morgan fingerprint density at radius 3 is 2.00 bits per heavy atom. The van der Waals surface area contributed by atoms with Crippen molar-refractivity contribution in [1.29, 1.82) is 0 Å². The fraction of sp³-hybridized carbons (Fsp3) is 1.00. The molecule has 23 heavy (non-hydrogen) atoms. The lowest BCUT2D eigenvalue weighted by molar-refractivity contribution is 0.0727. The van der Waals surface area contributed by atoms with Crippen LogP contribution in [0.15, 0.2) is 0 Å². The number of nitrogens with zero attached hydrogens (tertiary/aromatic N) is 2. The van der Waals surface area contributed by atoms with Crippen LogP contribution in [0.3, 0.4) is 0 Å². The van der Waals surface area contributed by atoms with Gasteiger partial charge in [0, 0.05) is 31.0 Å². The number of piperidine rings is 2. The van der Waals surface area contributed by atoms with E-state index in [0.717, 1.165) is 25.9 Å². The van der Waals surface area contributed by atoms with Crippen molar-refractivity contribution >= 4 is 10.0 Å². The largest absolute Gasteiger partial charge is 0.300 e. The SMILES string of the molecule is O=S(=O)(C1CC2C(C1)C2(F)F)N1CCC(N2CCCCC2)CC1. The van der Waals surface area contributed by atoms with Crippen molar-refractivity contribution in [3.63, 3.8) is 0 Å². The summed E-state index contributed by atoms with van der Waals surface area (Å²) >= 11 is 0. The molecule has 0 N–H and O–H groups in total. The number of hydrogen-bond donors (Lipinski definition) is 0. The van der Waals surface area contributed by atoms with E-state index in [9.17, 15) is 17.2 Å². The number of fused-ring (bicyclic) bond motifs is 1. The molecule has 0 aromatic heterocycles. The van der Waals surface area contributed by atoms with Gasteiger partial charge in [-0.15, -0.1) is 0 Å². The monoisotopic (exact) mass is 348 g/mol. The Morgan fingerprint density at radius 1 is 0.870 bits per heavy atom. The van der Waals surface area contributed by atoms with Gasteiger partial charge in [-0.1, -0.05) is 6.42 Å². The second kappa shape index (κ2) is 5.63. The summed E-state index contributed by atoms with van der Waals surface area (Å²) in [6.45, 7) is 3.40. The van der Waals surface area contributed by atoms with Gasteiger partial charge in [0.1, 0.15) is 0 Å². The van der Waals surface area contributed by atoms with Crippen LogP contribution >= 0.6 is 0 Å². The number of rotatable bonds is 3. The second-order valence-electron chi connectivity index (χ2n) is 7.75. The zero-order chi connectivity index (χ0) is 16.2.